The third-order valence-corrected chi connectivity index (χ3v) is 4.94. The molecule has 1 aromatic rings. The smallest absolute Gasteiger partial charge is 0.326 e. The minimum atomic E-state index is -0.952. The van der Waals surface area contributed by atoms with Crippen molar-refractivity contribution in [2.24, 2.45) is 0 Å². The number of imide groups is 1. The summed E-state index contributed by atoms with van der Waals surface area (Å²) >= 11 is 0. The predicted octanol–water partition coefficient (Wildman–Crippen LogP) is 1.37. The lowest BCUT2D eigenvalue weighted by atomic mass is 9.98. The van der Waals surface area contributed by atoms with Crippen molar-refractivity contribution in [2.45, 2.75) is 38.1 Å². The second kappa shape index (κ2) is 7.98. The maximum atomic E-state index is 14.1. The SMILES string of the molecule is CC(=O)Nc1ccc(C(=O)COC(=O)CN2C(=O)NC3(CCCC3)C2=O)c(F)c1. The number of amides is 4. The molecule has 0 unspecified atom stereocenters. The van der Waals surface area contributed by atoms with E-state index in [9.17, 15) is 28.4 Å². The van der Waals surface area contributed by atoms with Crippen molar-refractivity contribution in [2.75, 3.05) is 18.5 Å². The molecule has 2 N–H and O–H groups in total. The molecule has 1 heterocycles. The number of urea groups is 1. The van der Waals surface area contributed by atoms with E-state index in [-0.39, 0.29) is 11.3 Å². The third-order valence-electron chi connectivity index (χ3n) is 4.94. The van der Waals surface area contributed by atoms with Gasteiger partial charge in [0, 0.05) is 12.6 Å². The van der Waals surface area contributed by atoms with Crippen LogP contribution >= 0.6 is 0 Å². The molecule has 0 bridgehead atoms. The average Bonchev–Trinajstić information content (AvgIpc) is 3.20. The summed E-state index contributed by atoms with van der Waals surface area (Å²) in [5.41, 5.74) is -1.07. The number of Topliss-reactive ketones (excluding diaryl/α,β-unsaturated/α-hetero) is 1. The number of nitrogens with one attached hydrogen (secondary N) is 2. The molecule has 0 aromatic heterocycles. The highest BCUT2D eigenvalue weighted by molar-refractivity contribution is 6.09. The zero-order valence-electron chi connectivity index (χ0n) is 15.7. The van der Waals surface area contributed by atoms with E-state index >= 15 is 0 Å². The van der Waals surface area contributed by atoms with Gasteiger partial charge in [-0.15, -0.1) is 0 Å². The van der Waals surface area contributed by atoms with Crippen molar-refractivity contribution in [1.29, 1.82) is 0 Å². The maximum absolute atomic E-state index is 14.1. The Morgan fingerprint density at radius 3 is 2.55 bits per heavy atom. The highest BCUT2D eigenvalue weighted by atomic mass is 19.1. The molecule has 154 valence electrons. The van der Waals surface area contributed by atoms with Gasteiger partial charge in [-0.05, 0) is 31.0 Å². The topological polar surface area (TPSA) is 122 Å². The van der Waals surface area contributed by atoms with Gasteiger partial charge in [0.25, 0.3) is 5.91 Å². The van der Waals surface area contributed by atoms with Crippen LogP contribution in [0.2, 0.25) is 0 Å². The predicted molar refractivity (Wildman–Crippen MR) is 97.4 cm³/mol. The van der Waals surface area contributed by atoms with Crippen molar-refractivity contribution < 1.29 is 33.1 Å². The minimum absolute atomic E-state index is 0.183. The summed E-state index contributed by atoms with van der Waals surface area (Å²) in [5, 5.41) is 5.01. The lowest BCUT2D eigenvalue weighted by Crippen LogP contribution is -2.44. The number of ether oxygens (including phenoxy) is 1. The number of benzene rings is 1. The molecule has 1 aliphatic carbocycles. The molecule has 3 rings (SSSR count). The molecule has 1 spiro atoms. The first-order chi connectivity index (χ1) is 13.7. The fourth-order valence-electron chi connectivity index (χ4n) is 3.56. The number of rotatable bonds is 6. The molecule has 29 heavy (non-hydrogen) atoms. The summed E-state index contributed by atoms with van der Waals surface area (Å²) in [6.45, 7) is -0.107. The Hall–Kier alpha value is -3.30. The summed E-state index contributed by atoms with van der Waals surface area (Å²) in [6, 6.07) is 2.82. The highest BCUT2D eigenvalue weighted by Gasteiger charge is 2.52. The Morgan fingerprint density at radius 1 is 1.24 bits per heavy atom. The quantitative estimate of drug-likeness (QED) is 0.419. The van der Waals surface area contributed by atoms with Crippen LogP contribution in [-0.4, -0.2) is 53.2 Å². The van der Waals surface area contributed by atoms with Crippen molar-refractivity contribution >= 4 is 35.3 Å². The number of carbonyl (C=O) groups is 5. The van der Waals surface area contributed by atoms with E-state index in [1.807, 2.05) is 0 Å². The second-order valence-corrected chi connectivity index (χ2v) is 7.07. The van der Waals surface area contributed by atoms with E-state index in [1.165, 1.54) is 13.0 Å². The number of anilines is 1. The van der Waals surface area contributed by atoms with E-state index in [0.29, 0.717) is 12.8 Å². The van der Waals surface area contributed by atoms with Gasteiger partial charge in [-0.2, -0.15) is 0 Å². The van der Waals surface area contributed by atoms with Gasteiger partial charge in [-0.1, -0.05) is 12.8 Å². The van der Waals surface area contributed by atoms with Crippen molar-refractivity contribution in [1.82, 2.24) is 10.2 Å². The summed E-state index contributed by atoms with van der Waals surface area (Å²) in [5.74, 6) is -3.49. The van der Waals surface area contributed by atoms with Crippen LogP contribution in [0.1, 0.15) is 43.0 Å². The maximum Gasteiger partial charge on any atom is 0.326 e. The molecular weight excluding hydrogens is 385 g/mol. The first-order valence-corrected chi connectivity index (χ1v) is 9.12. The third kappa shape index (κ3) is 4.25. The molecular formula is C19H20FN3O6. The first-order valence-electron chi connectivity index (χ1n) is 9.12. The van der Waals surface area contributed by atoms with Gasteiger partial charge < -0.3 is 15.4 Å². The van der Waals surface area contributed by atoms with E-state index in [1.54, 1.807) is 0 Å². The number of esters is 1. The zero-order chi connectivity index (χ0) is 21.2. The highest BCUT2D eigenvalue weighted by Crippen LogP contribution is 2.34. The molecule has 1 aromatic carbocycles. The largest absolute Gasteiger partial charge is 0.456 e. The number of carbonyl (C=O) groups excluding carboxylic acids is 5. The van der Waals surface area contributed by atoms with Gasteiger partial charge in [0.1, 0.15) is 17.9 Å². The molecule has 0 radical (unpaired) electrons. The lowest BCUT2D eigenvalue weighted by Gasteiger charge is -2.19. The Balaban J connectivity index is 1.55. The normalized spacial score (nSPS) is 17.4. The average molecular weight is 405 g/mol. The van der Waals surface area contributed by atoms with Crippen molar-refractivity contribution in [3.05, 3.63) is 29.6 Å². The van der Waals surface area contributed by atoms with Crippen molar-refractivity contribution in [3.63, 3.8) is 0 Å². The minimum Gasteiger partial charge on any atom is -0.456 e. The monoisotopic (exact) mass is 405 g/mol. The van der Waals surface area contributed by atoms with Crippen LogP contribution in [-0.2, 0) is 19.1 Å². The number of nitrogens with zero attached hydrogens (tertiary/aromatic N) is 1. The molecule has 2 fully saturated rings. The molecule has 2 aliphatic rings. The standard InChI is InChI=1S/C19H20FN3O6/c1-11(24)21-12-4-5-13(14(20)8-12)15(25)10-29-16(26)9-23-17(27)19(22-18(23)28)6-2-3-7-19/h4-5,8H,2-3,6-7,9-10H2,1H3,(H,21,24)(H,22,28). The Morgan fingerprint density at radius 2 is 1.93 bits per heavy atom. The molecule has 1 saturated carbocycles. The van der Waals surface area contributed by atoms with E-state index < -0.39 is 54.1 Å². The second-order valence-electron chi connectivity index (χ2n) is 7.07. The molecule has 9 nitrogen and oxygen atoms in total. The van der Waals surface area contributed by atoms with Crippen LogP contribution in [0.25, 0.3) is 0 Å². The van der Waals surface area contributed by atoms with Gasteiger partial charge in [0.05, 0.1) is 5.56 Å². The molecule has 1 aliphatic heterocycles. The fourth-order valence-corrected chi connectivity index (χ4v) is 3.56. The lowest BCUT2D eigenvalue weighted by molar-refractivity contribution is -0.146. The Kier molecular flexibility index (Phi) is 5.62. The van der Waals surface area contributed by atoms with E-state index in [4.69, 9.17) is 4.74 Å². The van der Waals surface area contributed by atoms with Crippen LogP contribution in [0.4, 0.5) is 14.9 Å². The van der Waals surface area contributed by atoms with Crippen LogP contribution < -0.4 is 10.6 Å². The van der Waals surface area contributed by atoms with Gasteiger partial charge >= 0.3 is 12.0 Å². The van der Waals surface area contributed by atoms with E-state index in [0.717, 1.165) is 29.9 Å². The molecule has 0 atom stereocenters. The zero-order valence-corrected chi connectivity index (χ0v) is 15.7. The first kappa shape index (κ1) is 20.4. The Labute approximate surface area is 165 Å². The number of ketones is 1. The van der Waals surface area contributed by atoms with Gasteiger partial charge in [-0.25, -0.2) is 9.18 Å². The van der Waals surface area contributed by atoms with Gasteiger partial charge in [0.15, 0.2) is 6.61 Å². The van der Waals surface area contributed by atoms with Gasteiger partial charge in [0.2, 0.25) is 11.7 Å². The molecule has 4 amide bonds. The van der Waals surface area contributed by atoms with Crippen LogP contribution in [0.5, 0.6) is 0 Å². The molecule has 1 saturated heterocycles. The summed E-state index contributed by atoms with van der Waals surface area (Å²) < 4.78 is 18.9. The number of hydrogen-bond acceptors (Lipinski definition) is 6. The number of halogens is 1. The van der Waals surface area contributed by atoms with E-state index in [2.05, 4.69) is 10.6 Å². The summed E-state index contributed by atoms with van der Waals surface area (Å²) in [7, 11) is 0. The summed E-state index contributed by atoms with van der Waals surface area (Å²) in [4.78, 5) is 60.4. The Bertz CT molecular complexity index is 894. The molecule has 10 heteroatoms. The fraction of sp³-hybridized carbons (Fsp3) is 0.421. The van der Waals surface area contributed by atoms with Crippen LogP contribution in [0.3, 0.4) is 0 Å². The van der Waals surface area contributed by atoms with Gasteiger partial charge in [-0.3, -0.25) is 24.1 Å². The summed E-state index contributed by atoms with van der Waals surface area (Å²) in [6.07, 6.45) is 2.67. The van der Waals surface area contributed by atoms with Crippen LogP contribution in [0, 0.1) is 5.82 Å². The number of hydrogen-bond donors (Lipinski definition) is 2. The van der Waals surface area contributed by atoms with Crippen molar-refractivity contribution in [3.8, 4) is 0 Å². The van der Waals surface area contributed by atoms with Crippen LogP contribution in [0.15, 0.2) is 18.2 Å².